The summed E-state index contributed by atoms with van der Waals surface area (Å²) >= 11 is 0. The van der Waals surface area contributed by atoms with Crippen LogP contribution in [-0.4, -0.2) is 0 Å². The minimum atomic E-state index is 0.826. The Balaban J connectivity index is 2.69. The molecule has 0 aromatic heterocycles. The first-order chi connectivity index (χ1) is 3.41. The maximum Gasteiger partial charge on any atom is 0.154 e. The molecule has 0 nitrogen and oxygen atoms in total. The zero-order chi connectivity index (χ0) is 5.54. The van der Waals surface area contributed by atoms with Gasteiger partial charge < -0.3 is 0 Å². The maximum atomic E-state index is 11.0. The molecule has 0 N–H and O–H groups in total. The fourth-order valence-corrected chi connectivity index (χ4v) is 0.361. The molecule has 0 aliphatic heterocycles. The highest BCUT2D eigenvalue weighted by Crippen LogP contribution is 1.93. The molecule has 1 radical (unpaired) electrons. The molecule has 0 amide bonds. The van der Waals surface area contributed by atoms with Crippen LogP contribution in [0, 0.1) is 6.33 Å². The summed E-state index contributed by atoms with van der Waals surface area (Å²) in [7, 11) is 0. The monoisotopic (exact) mass is 101 g/mol. The molecule has 0 fully saturated rings. The molecular weight excluding hydrogens is 91.1 g/mol. The average Bonchev–Trinajstić information content (AvgIpc) is 1.69. The van der Waals surface area contributed by atoms with E-state index in [2.05, 4.69) is 6.92 Å². The van der Waals surface area contributed by atoms with Gasteiger partial charge in [0, 0.05) is 0 Å². The molecule has 1 heteroatoms. The van der Waals surface area contributed by atoms with Gasteiger partial charge in [-0.25, -0.2) is 4.39 Å². The van der Waals surface area contributed by atoms with Crippen molar-refractivity contribution >= 4 is 0 Å². The van der Waals surface area contributed by atoms with Gasteiger partial charge in [0.2, 0.25) is 0 Å². The molecule has 41 valence electrons. The quantitative estimate of drug-likeness (QED) is 0.479. The number of rotatable bonds is 3. The molecule has 0 bridgehead atoms. The van der Waals surface area contributed by atoms with Crippen molar-refractivity contribution in [1.29, 1.82) is 0 Å². The number of halogens is 1. The second kappa shape index (κ2) is 5.67. The fraction of sp³-hybridized carbons (Fsp3) is 0.667. The van der Waals surface area contributed by atoms with Crippen molar-refractivity contribution in [3.8, 4) is 0 Å². The van der Waals surface area contributed by atoms with Crippen molar-refractivity contribution in [3.05, 3.63) is 12.4 Å². The smallest absolute Gasteiger partial charge is 0.154 e. The van der Waals surface area contributed by atoms with E-state index in [0.29, 0.717) is 0 Å². The molecule has 0 saturated carbocycles. The first kappa shape index (κ1) is 6.67. The molecule has 0 rings (SSSR count). The molecule has 0 spiro atoms. The van der Waals surface area contributed by atoms with Crippen molar-refractivity contribution in [1.82, 2.24) is 0 Å². The lowest BCUT2D eigenvalue weighted by Crippen LogP contribution is -1.63. The third kappa shape index (κ3) is 5.67. The van der Waals surface area contributed by atoms with E-state index in [0.717, 1.165) is 19.3 Å². The highest BCUT2D eigenvalue weighted by atomic mass is 19.1. The van der Waals surface area contributed by atoms with E-state index in [4.69, 9.17) is 0 Å². The summed E-state index contributed by atoms with van der Waals surface area (Å²) in [5.41, 5.74) is 0. The zero-order valence-corrected chi connectivity index (χ0v) is 4.58. The number of unbranched alkanes of at least 4 members (excludes halogenated alkanes) is 2. The first-order valence-electron chi connectivity index (χ1n) is 2.59. The summed E-state index contributed by atoms with van der Waals surface area (Å²) in [6.07, 6.45) is 5.91. The second-order valence-corrected chi connectivity index (χ2v) is 1.46. The minimum Gasteiger partial charge on any atom is -0.204 e. The predicted octanol–water partition coefficient (Wildman–Crippen LogP) is 2.46. The summed E-state index contributed by atoms with van der Waals surface area (Å²) in [4.78, 5) is 0. The normalized spacial score (nSPS) is 10.6. The van der Waals surface area contributed by atoms with E-state index >= 15 is 0 Å². The molecular formula is C6H10F. The van der Waals surface area contributed by atoms with Gasteiger partial charge >= 0.3 is 0 Å². The molecule has 0 unspecified atom stereocenters. The van der Waals surface area contributed by atoms with Crippen LogP contribution in [0.25, 0.3) is 0 Å². The fourth-order valence-electron chi connectivity index (χ4n) is 0.361. The van der Waals surface area contributed by atoms with Crippen LogP contribution in [-0.2, 0) is 0 Å². The average molecular weight is 101 g/mol. The predicted molar refractivity (Wildman–Crippen MR) is 28.4 cm³/mol. The van der Waals surface area contributed by atoms with Gasteiger partial charge in [0.15, 0.2) is 6.33 Å². The Labute approximate surface area is 44.0 Å². The molecule has 0 atom stereocenters. The van der Waals surface area contributed by atoms with Gasteiger partial charge in [0.05, 0.1) is 0 Å². The second-order valence-electron chi connectivity index (χ2n) is 1.46. The maximum absolute atomic E-state index is 11.0. The van der Waals surface area contributed by atoms with E-state index in [-0.39, 0.29) is 0 Å². The summed E-state index contributed by atoms with van der Waals surface area (Å²) in [6, 6.07) is 0. The van der Waals surface area contributed by atoms with Gasteiger partial charge in [-0.3, -0.25) is 0 Å². The summed E-state index contributed by atoms with van der Waals surface area (Å²) in [5, 5.41) is 0. The molecule has 0 heterocycles. The van der Waals surface area contributed by atoms with Crippen LogP contribution in [0.4, 0.5) is 4.39 Å². The Morgan fingerprint density at radius 3 is 2.86 bits per heavy atom. The van der Waals surface area contributed by atoms with Crippen molar-refractivity contribution in [2.24, 2.45) is 0 Å². The van der Waals surface area contributed by atoms with Crippen LogP contribution < -0.4 is 0 Å². The topological polar surface area (TPSA) is 0 Å². The minimum absolute atomic E-state index is 0.826. The summed E-state index contributed by atoms with van der Waals surface area (Å²) < 4.78 is 11.0. The number of allylic oxidation sites excluding steroid dienone is 1. The Kier molecular flexibility index (Phi) is 5.40. The van der Waals surface area contributed by atoms with Gasteiger partial charge in [-0.1, -0.05) is 13.3 Å². The Bertz CT molecular complexity index is 48.1. The van der Waals surface area contributed by atoms with E-state index in [1.165, 1.54) is 12.4 Å². The largest absolute Gasteiger partial charge is 0.204 e. The van der Waals surface area contributed by atoms with E-state index in [9.17, 15) is 4.39 Å². The Hall–Kier alpha value is -0.330. The standard InChI is InChI=1S/C6H10F/c1-2-3-4-5-6-7/h5H,2-4H2,1H3. The van der Waals surface area contributed by atoms with Gasteiger partial charge in [-0.2, -0.15) is 0 Å². The molecule has 7 heavy (non-hydrogen) atoms. The Morgan fingerprint density at radius 1 is 1.71 bits per heavy atom. The van der Waals surface area contributed by atoms with E-state index in [1.54, 1.807) is 0 Å². The SMILES string of the molecule is CCCC/C=[C]\F. The van der Waals surface area contributed by atoms with Crippen molar-refractivity contribution in [2.75, 3.05) is 0 Å². The molecule has 0 aliphatic carbocycles. The van der Waals surface area contributed by atoms with Crippen molar-refractivity contribution in [3.63, 3.8) is 0 Å². The highest BCUT2D eigenvalue weighted by molar-refractivity contribution is 4.64. The lowest BCUT2D eigenvalue weighted by Gasteiger charge is -1.82. The number of hydrogen-bond acceptors (Lipinski definition) is 0. The summed E-state index contributed by atoms with van der Waals surface area (Å²) in [6.45, 7) is 2.08. The van der Waals surface area contributed by atoms with Crippen molar-refractivity contribution in [2.45, 2.75) is 26.2 Å². The van der Waals surface area contributed by atoms with Gasteiger partial charge in [0.1, 0.15) is 0 Å². The summed E-state index contributed by atoms with van der Waals surface area (Å²) in [5.74, 6) is 0. The highest BCUT2D eigenvalue weighted by Gasteiger charge is 1.74. The van der Waals surface area contributed by atoms with Crippen LogP contribution >= 0.6 is 0 Å². The van der Waals surface area contributed by atoms with Gasteiger partial charge in [-0.15, -0.1) is 0 Å². The lowest BCUT2D eigenvalue weighted by atomic mass is 10.2. The molecule has 0 aliphatic rings. The third-order valence-electron chi connectivity index (χ3n) is 0.779. The van der Waals surface area contributed by atoms with E-state index < -0.39 is 0 Å². The zero-order valence-electron chi connectivity index (χ0n) is 4.58. The van der Waals surface area contributed by atoms with Crippen LogP contribution in [0.5, 0.6) is 0 Å². The van der Waals surface area contributed by atoms with Crippen LogP contribution in [0.3, 0.4) is 0 Å². The van der Waals surface area contributed by atoms with Crippen LogP contribution in [0.1, 0.15) is 26.2 Å². The van der Waals surface area contributed by atoms with E-state index in [1.807, 2.05) is 0 Å². The van der Waals surface area contributed by atoms with Gasteiger partial charge in [-0.05, 0) is 18.9 Å². The first-order valence-corrected chi connectivity index (χ1v) is 2.59. The van der Waals surface area contributed by atoms with Crippen LogP contribution in [0.15, 0.2) is 6.08 Å². The molecule has 0 saturated heterocycles. The van der Waals surface area contributed by atoms with Crippen molar-refractivity contribution < 1.29 is 4.39 Å². The number of hydrogen-bond donors (Lipinski definition) is 0. The molecule has 0 aromatic carbocycles. The third-order valence-corrected chi connectivity index (χ3v) is 0.779. The molecule has 0 aromatic rings. The van der Waals surface area contributed by atoms with Gasteiger partial charge in [0.25, 0.3) is 0 Å². The van der Waals surface area contributed by atoms with Crippen LogP contribution in [0.2, 0.25) is 0 Å². The lowest BCUT2D eigenvalue weighted by molar-refractivity contribution is 0.670. The Morgan fingerprint density at radius 2 is 2.43 bits per heavy atom.